The van der Waals surface area contributed by atoms with Gasteiger partial charge in [0, 0.05) is 108 Å². The van der Waals surface area contributed by atoms with E-state index in [0.29, 0.717) is 134 Å². The number of amides is 1. The summed E-state index contributed by atoms with van der Waals surface area (Å²) >= 11 is 0. The maximum absolute atomic E-state index is 14.5. The van der Waals surface area contributed by atoms with Crippen LogP contribution in [0.1, 0.15) is 86.1 Å². The summed E-state index contributed by atoms with van der Waals surface area (Å²) in [6.07, 6.45) is -3.43. The molecule has 5 aliphatic heterocycles. The lowest BCUT2D eigenvalue weighted by Gasteiger charge is -2.35. The topological polar surface area (TPSA) is 308 Å². The van der Waals surface area contributed by atoms with Crippen LogP contribution in [-0.4, -0.2) is 199 Å². The molecule has 15 aromatic rings. The van der Waals surface area contributed by atoms with Gasteiger partial charge in [-0.05, 0) is 137 Å². The average Bonchev–Trinajstić information content (AvgIpc) is 1.63. The first kappa shape index (κ1) is 96.4. The molecule has 2 unspecified atom stereocenters. The number of nitrogens with zero attached hydrogens (tertiary/aromatic N) is 26. The second-order valence-corrected chi connectivity index (χ2v) is 32.9. The van der Waals surface area contributed by atoms with Gasteiger partial charge in [0.1, 0.15) is 91.7 Å². The first-order valence-corrected chi connectivity index (χ1v) is 42.5. The normalized spacial score (nSPS) is 18.4. The van der Waals surface area contributed by atoms with E-state index in [9.17, 15) is 97.0 Å². The zero-order chi connectivity index (χ0) is 98.1. The van der Waals surface area contributed by atoms with Crippen molar-refractivity contribution in [3.8, 4) is 63.5 Å². The number of primary amides is 1. The lowest BCUT2D eigenvalue weighted by atomic mass is 9.97. The van der Waals surface area contributed by atoms with Crippen LogP contribution in [0.5, 0.6) is 0 Å². The van der Waals surface area contributed by atoms with Gasteiger partial charge in [-0.2, -0.15) is 71.1 Å². The Morgan fingerprint density at radius 3 is 1.15 bits per heavy atom. The van der Waals surface area contributed by atoms with E-state index in [0.717, 1.165) is 91.3 Å². The number of rotatable bonds is 12. The smallest absolute Gasteiger partial charge is 0.369 e. The van der Waals surface area contributed by atoms with E-state index in [1.807, 2.05) is 9.80 Å². The van der Waals surface area contributed by atoms with Crippen molar-refractivity contribution in [1.29, 1.82) is 5.26 Å². The summed E-state index contributed by atoms with van der Waals surface area (Å²) in [7, 11) is 0. The van der Waals surface area contributed by atoms with Crippen molar-refractivity contribution in [2.24, 2.45) is 17.6 Å². The first-order valence-electron chi connectivity index (χ1n) is 42.5. The van der Waals surface area contributed by atoms with Crippen molar-refractivity contribution in [3.63, 3.8) is 0 Å². The molecule has 0 bridgehead atoms. The number of alkyl halides is 20. The molecule has 0 aromatic carbocycles. The van der Waals surface area contributed by atoms with Crippen LogP contribution in [0.15, 0.2) is 178 Å². The Kier molecular flexibility index (Phi) is 27.1. The fraction of sp³-hybridized carbons (Fsp3) is 0.352. The lowest BCUT2D eigenvalue weighted by Crippen LogP contribution is -2.46. The number of imidazole rings is 5. The highest BCUT2D eigenvalue weighted by Crippen LogP contribution is 2.40. The molecule has 2 N–H and O–H groups in total. The van der Waals surface area contributed by atoms with Crippen molar-refractivity contribution in [1.82, 2.24) is 96.8 Å². The summed E-state index contributed by atoms with van der Waals surface area (Å²) in [5.74, 6) is -1.58. The molecule has 0 saturated carbocycles. The summed E-state index contributed by atoms with van der Waals surface area (Å²) in [6.45, 7) is 5.08. The Balaban J connectivity index is 0.000000125. The van der Waals surface area contributed by atoms with Crippen molar-refractivity contribution >= 4 is 63.4 Å². The average molecular weight is 1940 g/mol. The largest absolute Gasteiger partial charge is 0.417 e. The van der Waals surface area contributed by atoms with E-state index in [4.69, 9.17) is 15.7 Å². The van der Waals surface area contributed by atoms with Crippen LogP contribution in [0.25, 0.3) is 85.7 Å². The molecule has 5 aliphatic rings. The van der Waals surface area contributed by atoms with Crippen LogP contribution in [0.4, 0.5) is 121 Å². The lowest BCUT2D eigenvalue weighted by molar-refractivity contribution is -0.138. The number of hydrogen-bond acceptors (Lipinski definition) is 23. The van der Waals surface area contributed by atoms with Crippen LogP contribution >= 0.6 is 0 Å². The van der Waals surface area contributed by atoms with E-state index in [-0.39, 0.29) is 89.8 Å². The number of hydrogen-bond donors (Lipinski definition) is 1. The number of morpholine rings is 1. The molecule has 50 heteroatoms. The van der Waals surface area contributed by atoms with Crippen molar-refractivity contribution in [2.75, 3.05) is 96.6 Å². The third-order valence-corrected chi connectivity index (χ3v) is 23.0. The predicted octanol–water partition coefficient (Wildman–Crippen LogP) is 17.7. The highest BCUT2D eigenvalue weighted by Gasteiger charge is 2.41. The van der Waals surface area contributed by atoms with E-state index < -0.39 is 101 Å². The standard InChI is InChI=1S/C18H16F4N6O.C18H17F4N5.C18H15F3N6.C17H14F5N5O.C17H14F5N5/c19-12-6-25-17(27-5-1-2-10(8-27)16(23)29)26-15(12)13-7-24-14-4-3-11(9-28(13)14)18(20,21)22;1-17(19)6-2-8-26(11-17)15-5-7-23-16(25-15)13-9-24-14-4-3-12(10-27(13)14)18(20,21)22;19-18(20,21)13-3-4-15-24-9-14(27(15)11-13)17-23-6-5-16(25-17)26-7-1-2-12(8-22)10-26;18-15(19)12-9-26(5-6-28-12)14-3-4-23-16(25-14)11-7-24-13-2-1-10(8-27(11)13)17(20,21)22;18-16(19)5-1-7-26(10-16)14-4-6-23-15(25-14)12-8-24-13-3-2-11(9-27(12)13)17(20,21)22/h3-4,6-7,9-10H,1-2,5,8H2,(H2,23,29);3-5,7,9-10H,2,6,8,11H2,1H3;3-6,9,11-12H,1-2,7,10H2;1-4,7-8,12,15H,5-6,9H2;2-4,6,8-9H,1,5,7,10H2/t10-;;12-;;/m1.1../s1. The molecule has 20 heterocycles. The molecule has 5 saturated heterocycles. The van der Waals surface area contributed by atoms with Crippen LogP contribution in [0, 0.1) is 29.0 Å². The molecular formula is C88H76F21N27O2. The molecule has 20 rings (SSSR count). The fourth-order valence-electron chi connectivity index (χ4n) is 16.1. The van der Waals surface area contributed by atoms with Crippen LogP contribution < -0.4 is 30.2 Å². The summed E-state index contributed by atoms with van der Waals surface area (Å²) < 4.78 is 289. The molecule has 0 radical (unpaired) electrons. The van der Waals surface area contributed by atoms with Crippen LogP contribution in [-0.2, 0) is 40.4 Å². The van der Waals surface area contributed by atoms with Gasteiger partial charge in [-0.3, -0.25) is 26.8 Å². The number of fused-ring (bicyclic) bond motifs is 5. The van der Waals surface area contributed by atoms with Gasteiger partial charge in [0.05, 0.1) is 115 Å². The number of anilines is 5. The fourth-order valence-corrected chi connectivity index (χ4v) is 16.1. The monoisotopic (exact) mass is 1940 g/mol. The minimum atomic E-state index is -4.55. The Labute approximate surface area is 766 Å². The summed E-state index contributed by atoms with van der Waals surface area (Å²) in [6, 6.07) is 19.9. The zero-order valence-electron chi connectivity index (χ0n) is 71.9. The summed E-state index contributed by atoms with van der Waals surface area (Å²) in [4.78, 5) is 83.0. The van der Waals surface area contributed by atoms with Crippen molar-refractivity contribution in [3.05, 3.63) is 212 Å². The van der Waals surface area contributed by atoms with Gasteiger partial charge in [0.15, 0.2) is 29.1 Å². The van der Waals surface area contributed by atoms with Crippen LogP contribution in [0.3, 0.4) is 0 Å². The highest BCUT2D eigenvalue weighted by atomic mass is 19.4. The van der Waals surface area contributed by atoms with Gasteiger partial charge in [-0.1, -0.05) is 0 Å². The van der Waals surface area contributed by atoms with Crippen LogP contribution in [0.2, 0.25) is 0 Å². The summed E-state index contributed by atoms with van der Waals surface area (Å²) in [5, 5.41) is 9.16. The SMILES string of the molecule is CC1(F)CCCN(c2ccnc(-c3cnc4ccc(C(F)(F)F)cn34)n2)C1.FC(F)C1CN(c2ccnc(-c3cnc4ccc(C(F)(F)F)cn34)n2)CCO1.FC1(F)CCCN(c2ccnc(-c3cnc4ccc(C(F)(F)F)cn34)n2)C1.N#C[C@H]1CCCN(c2ccnc(-c3cnc4ccc(C(F)(F)F)cn34)n2)C1.NC(=O)[C@@H]1CCCN(c2ncc(F)c(-c3cnc4ccc(C(F)(F)F)cn34)n2)C1. The number of carbonyl (C=O) groups excluding carboxylic acids is 1. The molecule has 1 amide bonds. The number of nitriles is 1. The highest BCUT2D eigenvalue weighted by molar-refractivity contribution is 5.77. The number of pyridine rings is 5. The van der Waals surface area contributed by atoms with Gasteiger partial charge in [-0.15, -0.1) is 0 Å². The minimum Gasteiger partial charge on any atom is -0.369 e. The molecule has 5 fully saturated rings. The Morgan fingerprint density at radius 2 is 0.775 bits per heavy atom. The Morgan fingerprint density at radius 1 is 0.420 bits per heavy atom. The number of aromatic nitrogens is 20. The van der Waals surface area contributed by atoms with Gasteiger partial charge in [0.2, 0.25) is 11.9 Å². The minimum absolute atomic E-state index is 0.0422. The Hall–Kier alpha value is -14.7. The third kappa shape index (κ3) is 22.0. The van der Waals surface area contributed by atoms with Gasteiger partial charge >= 0.3 is 30.9 Å². The number of ether oxygens (including phenoxy) is 1. The molecule has 722 valence electrons. The van der Waals surface area contributed by atoms with E-state index in [2.05, 4.69) is 80.8 Å². The van der Waals surface area contributed by atoms with E-state index in [1.54, 1.807) is 41.1 Å². The van der Waals surface area contributed by atoms with E-state index >= 15 is 0 Å². The van der Waals surface area contributed by atoms with Crippen molar-refractivity contribution < 1.29 is 102 Å². The molecule has 4 atom stereocenters. The maximum atomic E-state index is 14.5. The van der Waals surface area contributed by atoms with Gasteiger partial charge in [-0.25, -0.2) is 101 Å². The first-order chi connectivity index (χ1) is 65.5. The predicted molar refractivity (Wildman–Crippen MR) is 456 cm³/mol. The number of halogens is 21. The maximum Gasteiger partial charge on any atom is 0.417 e. The molecular weight excluding hydrogens is 1870 g/mol. The summed E-state index contributed by atoms with van der Waals surface area (Å²) in [5.41, 5.74) is 2.69. The van der Waals surface area contributed by atoms with E-state index in [1.165, 1.54) is 108 Å². The molecule has 29 nitrogen and oxygen atoms in total. The second-order valence-electron chi connectivity index (χ2n) is 32.9. The molecule has 138 heavy (non-hydrogen) atoms. The third-order valence-electron chi connectivity index (χ3n) is 23.0. The molecule has 0 spiro atoms. The Bertz CT molecular complexity index is 6790. The number of nitrogens with two attached hydrogens (primary N) is 1. The second kappa shape index (κ2) is 38.8. The zero-order valence-corrected chi connectivity index (χ0v) is 71.9. The van der Waals surface area contributed by atoms with Gasteiger partial charge in [0.25, 0.3) is 12.3 Å². The number of piperidine rings is 4. The molecule has 0 aliphatic carbocycles. The number of carbonyl (C=O) groups is 1. The van der Waals surface area contributed by atoms with Crippen molar-refractivity contribution in [2.45, 2.75) is 113 Å². The quantitative estimate of drug-likeness (QED) is 0.111. The molecule has 15 aromatic heterocycles. The van der Waals surface area contributed by atoms with Gasteiger partial charge < -0.3 is 35.0 Å².